The fraction of sp³-hybridized carbons (Fsp3) is 0.0400. The number of aromatic amines is 1. The van der Waals surface area contributed by atoms with Gasteiger partial charge in [-0.1, -0.05) is 54.6 Å². The third-order valence-electron chi connectivity index (χ3n) is 4.86. The van der Waals surface area contributed by atoms with Crippen LogP contribution >= 0.6 is 0 Å². The highest BCUT2D eigenvalue weighted by atomic mass is 19.1. The Hall–Kier alpha value is -4.57. The quantitative estimate of drug-likeness (QED) is 0.354. The van der Waals surface area contributed by atoms with Crippen molar-refractivity contribution in [1.82, 2.24) is 9.97 Å². The molecule has 0 aliphatic rings. The zero-order valence-electron chi connectivity index (χ0n) is 17.1. The topological polar surface area (TPSA) is 93.9 Å². The molecule has 0 bridgehead atoms. The van der Waals surface area contributed by atoms with Crippen LogP contribution in [0.1, 0.15) is 16.7 Å². The fourth-order valence-corrected chi connectivity index (χ4v) is 3.29. The average molecular weight is 423 g/mol. The molecule has 1 heterocycles. The van der Waals surface area contributed by atoms with E-state index in [0.717, 1.165) is 22.3 Å². The Morgan fingerprint density at radius 1 is 1.06 bits per heavy atom. The van der Waals surface area contributed by atoms with Crippen LogP contribution in [0.15, 0.2) is 82.7 Å². The summed E-state index contributed by atoms with van der Waals surface area (Å²) in [7, 11) is 0. The largest absolute Gasteiger partial charge is 0.290 e. The highest BCUT2D eigenvalue weighted by Gasteiger charge is 2.12. The summed E-state index contributed by atoms with van der Waals surface area (Å²) in [6, 6.07) is 23.1. The smallest absolute Gasteiger partial charge is 0.270 e. The highest BCUT2D eigenvalue weighted by molar-refractivity contribution is 5.83. The lowest BCUT2D eigenvalue weighted by atomic mass is 9.99. The summed E-state index contributed by atoms with van der Waals surface area (Å²) < 4.78 is 13.7. The number of hydrogen-bond donors (Lipinski definition) is 2. The van der Waals surface area contributed by atoms with E-state index in [9.17, 15) is 14.4 Å². The van der Waals surface area contributed by atoms with Crippen LogP contribution in [0.25, 0.3) is 22.4 Å². The molecule has 7 heteroatoms. The van der Waals surface area contributed by atoms with Crippen molar-refractivity contribution in [3.8, 4) is 28.5 Å². The van der Waals surface area contributed by atoms with Crippen molar-refractivity contribution in [2.45, 2.75) is 6.92 Å². The molecule has 32 heavy (non-hydrogen) atoms. The van der Waals surface area contributed by atoms with E-state index in [4.69, 9.17) is 0 Å². The molecule has 0 aliphatic carbocycles. The number of aryl methyl sites for hydroxylation is 1. The van der Waals surface area contributed by atoms with E-state index in [1.165, 1.54) is 12.1 Å². The molecule has 0 radical (unpaired) electrons. The number of benzene rings is 3. The maximum atomic E-state index is 13.7. The number of hydrogen-bond acceptors (Lipinski definition) is 5. The summed E-state index contributed by atoms with van der Waals surface area (Å²) in [6.45, 7) is 1.92. The van der Waals surface area contributed by atoms with Gasteiger partial charge in [0.25, 0.3) is 5.56 Å². The Morgan fingerprint density at radius 2 is 1.84 bits per heavy atom. The van der Waals surface area contributed by atoms with E-state index in [1.54, 1.807) is 36.5 Å². The molecule has 6 nitrogen and oxygen atoms in total. The first kappa shape index (κ1) is 20.7. The number of anilines is 1. The van der Waals surface area contributed by atoms with Crippen molar-refractivity contribution >= 4 is 12.2 Å². The van der Waals surface area contributed by atoms with Gasteiger partial charge in [0.05, 0.1) is 11.9 Å². The van der Waals surface area contributed by atoms with Gasteiger partial charge in [-0.3, -0.25) is 9.78 Å². The van der Waals surface area contributed by atoms with Crippen LogP contribution in [0, 0.1) is 24.1 Å². The molecule has 3 aromatic carbocycles. The van der Waals surface area contributed by atoms with Gasteiger partial charge in [-0.15, -0.1) is 0 Å². The number of aromatic nitrogens is 2. The molecule has 4 rings (SSSR count). The molecule has 0 atom stereocenters. The lowest BCUT2D eigenvalue weighted by molar-refractivity contribution is 0.628. The molecule has 2 N–H and O–H groups in total. The van der Waals surface area contributed by atoms with E-state index in [0.29, 0.717) is 5.56 Å². The second-order valence-electron chi connectivity index (χ2n) is 7.07. The van der Waals surface area contributed by atoms with Crippen molar-refractivity contribution in [3.05, 3.63) is 106 Å². The number of nitriles is 1. The van der Waals surface area contributed by atoms with Crippen LogP contribution in [0.2, 0.25) is 0 Å². The first-order valence-corrected chi connectivity index (χ1v) is 9.80. The van der Waals surface area contributed by atoms with Crippen LogP contribution in [-0.4, -0.2) is 16.2 Å². The number of rotatable bonds is 5. The molecule has 0 aliphatic heterocycles. The zero-order valence-corrected chi connectivity index (χ0v) is 17.1. The summed E-state index contributed by atoms with van der Waals surface area (Å²) in [6.07, 6.45) is 1.57. The predicted octanol–water partition coefficient (Wildman–Crippen LogP) is 4.87. The standard InChI is InChI=1S/C25H18FN5O/c1-16-10-11-20(26)13-21(16)19-9-5-6-17(12-19)15-28-31-25-29-23(18-7-3-2-4-8-18)22(14-27)24(32)30-25/h2-13,15H,1H3,(H2,29,30,31,32). The van der Waals surface area contributed by atoms with Gasteiger partial charge in [-0.2, -0.15) is 10.4 Å². The van der Waals surface area contributed by atoms with Crippen molar-refractivity contribution in [2.24, 2.45) is 5.10 Å². The van der Waals surface area contributed by atoms with Crippen molar-refractivity contribution < 1.29 is 4.39 Å². The zero-order chi connectivity index (χ0) is 22.5. The molecule has 0 spiro atoms. The van der Waals surface area contributed by atoms with Crippen LogP contribution in [0.4, 0.5) is 10.3 Å². The molecule has 0 saturated heterocycles. The highest BCUT2D eigenvalue weighted by Crippen LogP contribution is 2.25. The summed E-state index contributed by atoms with van der Waals surface area (Å²) in [5, 5.41) is 13.5. The second-order valence-corrected chi connectivity index (χ2v) is 7.07. The van der Waals surface area contributed by atoms with Crippen LogP contribution in [0.3, 0.4) is 0 Å². The summed E-state index contributed by atoms with van der Waals surface area (Å²) in [5.74, 6) is -0.183. The minimum Gasteiger partial charge on any atom is -0.290 e. The Bertz CT molecular complexity index is 1400. The van der Waals surface area contributed by atoms with Crippen LogP contribution in [-0.2, 0) is 0 Å². The van der Waals surface area contributed by atoms with Crippen molar-refractivity contribution in [1.29, 1.82) is 5.26 Å². The Morgan fingerprint density at radius 3 is 2.62 bits per heavy atom. The minimum absolute atomic E-state index is 0.0658. The van der Waals surface area contributed by atoms with Gasteiger partial charge in [0.1, 0.15) is 17.4 Å². The van der Waals surface area contributed by atoms with Gasteiger partial charge in [0.15, 0.2) is 0 Å². The van der Waals surface area contributed by atoms with Gasteiger partial charge in [0.2, 0.25) is 5.95 Å². The van der Waals surface area contributed by atoms with Crippen LogP contribution < -0.4 is 11.0 Å². The van der Waals surface area contributed by atoms with Crippen molar-refractivity contribution in [3.63, 3.8) is 0 Å². The lowest BCUT2D eigenvalue weighted by Crippen LogP contribution is -2.16. The monoisotopic (exact) mass is 423 g/mol. The third-order valence-corrected chi connectivity index (χ3v) is 4.86. The maximum absolute atomic E-state index is 13.7. The molecule has 1 aromatic heterocycles. The summed E-state index contributed by atoms with van der Waals surface area (Å²) in [4.78, 5) is 19.2. The van der Waals surface area contributed by atoms with E-state index in [1.807, 2.05) is 43.3 Å². The maximum Gasteiger partial charge on any atom is 0.270 e. The third kappa shape index (κ3) is 4.45. The number of H-pyrrole nitrogens is 1. The summed E-state index contributed by atoms with van der Waals surface area (Å²) in [5.41, 5.74) is 6.43. The molecule has 0 saturated carbocycles. The fourth-order valence-electron chi connectivity index (χ4n) is 3.29. The molecule has 0 unspecified atom stereocenters. The molecule has 4 aromatic rings. The van der Waals surface area contributed by atoms with Gasteiger partial charge in [-0.05, 0) is 47.4 Å². The number of nitrogens with zero attached hydrogens (tertiary/aromatic N) is 3. The minimum atomic E-state index is -0.553. The van der Waals surface area contributed by atoms with E-state index in [2.05, 4.69) is 20.5 Å². The summed E-state index contributed by atoms with van der Waals surface area (Å²) >= 11 is 0. The number of halogens is 1. The van der Waals surface area contributed by atoms with Crippen LogP contribution in [0.5, 0.6) is 0 Å². The first-order valence-electron chi connectivity index (χ1n) is 9.80. The lowest BCUT2D eigenvalue weighted by Gasteiger charge is -2.07. The SMILES string of the molecule is Cc1ccc(F)cc1-c1cccc(C=NNc2nc(-c3ccccc3)c(C#N)c(=O)[nH]2)c1. The molecule has 0 amide bonds. The number of nitrogens with one attached hydrogen (secondary N) is 2. The van der Waals surface area contributed by atoms with Gasteiger partial charge in [0, 0.05) is 5.56 Å². The molecule has 0 fully saturated rings. The Labute approximate surface area is 183 Å². The molecule has 156 valence electrons. The second kappa shape index (κ2) is 9.06. The molecular formula is C25H18FN5O. The number of hydrazone groups is 1. The van der Waals surface area contributed by atoms with Crippen molar-refractivity contribution in [2.75, 3.05) is 5.43 Å². The first-order chi connectivity index (χ1) is 15.5. The predicted molar refractivity (Wildman–Crippen MR) is 123 cm³/mol. The van der Waals surface area contributed by atoms with E-state index >= 15 is 0 Å². The van der Waals surface area contributed by atoms with E-state index in [-0.39, 0.29) is 23.0 Å². The van der Waals surface area contributed by atoms with Gasteiger partial charge < -0.3 is 0 Å². The van der Waals surface area contributed by atoms with Gasteiger partial charge in [-0.25, -0.2) is 14.8 Å². The Kier molecular flexibility index (Phi) is 5.86. The van der Waals surface area contributed by atoms with Gasteiger partial charge >= 0.3 is 0 Å². The normalized spacial score (nSPS) is 10.8. The Balaban J connectivity index is 1.60. The average Bonchev–Trinajstić information content (AvgIpc) is 2.81. The molecular weight excluding hydrogens is 405 g/mol. The van der Waals surface area contributed by atoms with E-state index < -0.39 is 5.56 Å².